The minimum Gasteiger partial charge on any atom is -0.346 e. The minimum absolute atomic E-state index is 0.114. The van der Waals surface area contributed by atoms with Gasteiger partial charge in [0.2, 0.25) is 11.8 Å². The molecule has 182 valence electrons. The highest BCUT2D eigenvalue weighted by atomic mass is 35.5. The van der Waals surface area contributed by atoms with Crippen LogP contribution in [0.4, 0.5) is 8.78 Å². The first-order valence-electron chi connectivity index (χ1n) is 11.4. The molecule has 14 heteroatoms. The number of alkyl halides is 2. The largest absolute Gasteiger partial charge is 0.349 e. The number of carbonyl (C=O) groups excluding carboxylic acids is 4. The zero-order valence-corrected chi connectivity index (χ0v) is 21.0. The molecule has 2 aliphatic rings. The van der Waals surface area contributed by atoms with Crippen LogP contribution < -0.4 is 10.6 Å². The van der Waals surface area contributed by atoms with Crippen LogP contribution in [-0.2, 0) is 33.4 Å². The molecule has 0 radical (unpaired) electrons. The molecule has 4 rings (SSSR count). The molecule has 2 heterocycles. The first-order chi connectivity index (χ1) is 16.7. The lowest BCUT2D eigenvalue weighted by molar-refractivity contribution is -0.147. The van der Waals surface area contributed by atoms with Gasteiger partial charge in [0.1, 0.15) is 37.4 Å². The number of rotatable bonds is 5. The quantitative estimate of drug-likeness (QED) is 0.379. The summed E-state index contributed by atoms with van der Waals surface area (Å²) in [6.07, 6.45) is 0. The van der Waals surface area contributed by atoms with Crippen LogP contribution in [-0.4, -0.2) is 66.0 Å². The normalized spacial score (nSPS) is 20.6. The molecule has 1 atom stereocenters. The van der Waals surface area contributed by atoms with E-state index in [-0.39, 0.29) is 24.0 Å². The fraction of sp³-hybridized carbons (Fsp3) is 0.273. The Morgan fingerprint density at radius 1 is 1.11 bits per heavy atom. The van der Waals surface area contributed by atoms with Crippen molar-refractivity contribution in [2.45, 2.75) is 35.5 Å². The number of fused-ring (bicyclic) bond motifs is 1. The molecule has 2 aliphatic heterocycles. The Balaban J connectivity index is 1.50. The van der Waals surface area contributed by atoms with Crippen molar-refractivity contribution in [2.75, 3.05) is 0 Å². The number of amides is 4. The van der Waals surface area contributed by atoms with E-state index in [1.165, 1.54) is 17.0 Å². The van der Waals surface area contributed by atoms with E-state index >= 15 is 0 Å². The van der Waals surface area contributed by atoms with E-state index in [0.29, 0.717) is 16.7 Å². The van der Waals surface area contributed by atoms with E-state index in [9.17, 15) is 28.0 Å². The average Bonchev–Trinajstić information content (AvgIpc) is 3.11. The molecule has 1 saturated heterocycles. The Morgan fingerprint density at radius 3 is 2.39 bits per heavy atom. The number of nitrogens with one attached hydrogen (secondary N) is 2. The third-order valence-corrected chi connectivity index (χ3v) is 7.86. The lowest BCUT2D eigenvalue weighted by atomic mass is 9.26. The number of piperidine rings is 1. The highest BCUT2D eigenvalue weighted by Gasteiger charge is 2.57. The molecule has 0 saturated carbocycles. The molecular formula is C22H22B4ClF2N3O4. The van der Waals surface area contributed by atoms with E-state index in [0.717, 1.165) is 12.1 Å². The van der Waals surface area contributed by atoms with Gasteiger partial charge in [0.05, 0.1) is 0 Å². The van der Waals surface area contributed by atoms with Gasteiger partial charge >= 0.3 is 5.92 Å². The summed E-state index contributed by atoms with van der Waals surface area (Å²) in [4.78, 5) is 52.1. The minimum atomic E-state index is -3.75. The molecule has 0 aliphatic carbocycles. The molecule has 1 fully saturated rings. The Bertz CT molecular complexity index is 1290. The molecule has 0 bridgehead atoms. The lowest BCUT2D eigenvalue weighted by Gasteiger charge is -2.52. The smallest absolute Gasteiger partial charge is 0.346 e. The van der Waals surface area contributed by atoms with Crippen molar-refractivity contribution in [3.8, 4) is 0 Å². The molecule has 0 spiro atoms. The van der Waals surface area contributed by atoms with Crippen molar-refractivity contribution >= 4 is 66.6 Å². The highest BCUT2D eigenvalue weighted by molar-refractivity contribution is 6.63. The number of hydrogen-bond acceptors (Lipinski definition) is 4. The van der Waals surface area contributed by atoms with Gasteiger partial charge in [0, 0.05) is 29.2 Å². The summed E-state index contributed by atoms with van der Waals surface area (Å²) in [5.41, 5.74) is 1.03. The van der Waals surface area contributed by atoms with Crippen LogP contribution in [0.3, 0.4) is 0 Å². The van der Waals surface area contributed by atoms with Crippen LogP contribution in [0, 0.1) is 0 Å². The number of benzene rings is 2. The van der Waals surface area contributed by atoms with Crippen LogP contribution in [0.25, 0.3) is 0 Å². The van der Waals surface area contributed by atoms with Crippen molar-refractivity contribution < 1.29 is 28.0 Å². The number of halogens is 3. The Hall–Kier alpha value is -3.07. The van der Waals surface area contributed by atoms with Crippen LogP contribution in [0.1, 0.15) is 27.0 Å². The lowest BCUT2D eigenvalue weighted by Crippen LogP contribution is -2.66. The van der Waals surface area contributed by atoms with Gasteiger partial charge in [-0.3, -0.25) is 24.5 Å². The molecular weight excluding hydrogens is 487 g/mol. The zero-order chi connectivity index (χ0) is 26.6. The van der Waals surface area contributed by atoms with E-state index < -0.39 is 45.7 Å². The van der Waals surface area contributed by atoms with Gasteiger partial charge in [-0.2, -0.15) is 8.78 Å². The molecule has 2 aromatic carbocycles. The van der Waals surface area contributed by atoms with Gasteiger partial charge in [-0.05, 0) is 34.5 Å². The molecule has 1 unspecified atom stereocenters. The molecule has 0 aromatic heterocycles. The predicted molar refractivity (Wildman–Crippen MR) is 140 cm³/mol. The fourth-order valence-corrected chi connectivity index (χ4v) is 4.75. The van der Waals surface area contributed by atoms with E-state index in [1.54, 1.807) is 49.6 Å². The maximum absolute atomic E-state index is 14.5. The predicted octanol–water partition coefficient (Wildman–Crippen LogP) is -1.51. The monoisotopic (exact) mass is 509 g/mol. The summed E-state index contributed by atoms with van der Waals surface area (Å²) in [6.45, 7) is -0.0664. The van der Waals surface area contributed by atoms with E-state index in [4.69, 9.17) is 11.6 Å². The van der Waals surface area contributed by atoms with Crippen LogP contribution in [0.5, 0.6) is 0 Å². The second kappa shape index (κ2) is 8.80. The Kier molecular flexibility index (Phi) is 6.35. The summed E-state index contributed by atoms with van der Waals surface area (Å²) in [5.74, 6) is -6.50. The topological polar surface area (TPSA) is 95.6 Å². The number of hydrogen-bond donors (Lipinski definition) is 2. The van der Waals surface area contributed by atoms with Crippen LogP contribution in [0.15, 0.2) is 42.5 Å². The molecule has 2 N–H and O–H groups in total. The summed E-state index contributed by atoms with van der Waals surface area (Å²) in [5, 5.41) is 3.13. The van der Waals surface area contributed by atoms with E-state index in [2.05, 4.69) is 10.6 Å². The van der Waals surface area contributed by atoms with Crippen molar-refractivity contribution in [2.24, 2.45) is 0 Å². The molecule has 4 amide bonds. The molecule has 2 aromatic rings. The summed E-state index contributed by atoms with van der Waals surface area (Å²) in [7, 11) is 7.03. The van der Waals surface area contributed by atoms with Gasteiger partial charge in [-0.15, -0.1) is 0 Å². The SMILES string of the molecule is BC1(B)C(=O)NC(=O)C(N2Cc3cc(CNC(=O)C(F)(F)c4ccc(Cl)cc4)ccc3C2=O)C1(B)B. The third kappa shape index (κ3) is 4.13. The Morgan fingerprint density at radius 2 is 1.75 bits per heavy atom. The van der Waals surface area contributed by atoms with Crippen LogP contribution in [0.2, 0.25) is 15.5 Å². The highest BCUT2D eigenvalue weighted by Crippen LogP contribution is 2.50. The number of carbonyl (C=O) groups is 4. The number of nitrogens with zero attached hydrogens (tertiary/aromatic N) is 1. The fourth-order valence-electron chi connectivity index (χ4n) is 4.63. The first-order valence-corrected chi connectivity index (χ1v) is 11.8. The van der Waals surface area contributed by atoms with Crippen molar-refractivity contribution in [3.63, 3.8) is 0 Å². The standard InChI is InChI=1S/C22H22B4ClF2N3O4/c23-21(24)15(16(33)31-19(36)22(21,25)26)32-9-11-7-10(1-6-14(11)17(32)34)8-30-18(35)20(28,29)12-2-4-13(27)5-3-12/h1-7,15H,8-9,23-26H2,(H,30,35)(H,31,33,36). The summed E-state index contributed by atoms with van der Waals surface area (Å²) < 4.78 is 29.1. The van der Waals surface area contributed by atoms with Gasteiger partial charge < -0.3 is 10.2 Å². The third-order valence-electron chi connectivity index (χ3n) is 7.61. The van der Waals surface area contributed by atoms with Gasteiger partial charge in [-0.1, -0.05) is 41.1 Å². The van der Waals surface area contributed by atoms with Gasteiger partial charge in [0.15, 0.2) is 0 Å². The second-order valence-corrected chi connectivity index (χ2v) is 10.7. The van der Waals surface area contributed by atoms with Crippen molar-refractivity contribution in [1.29, 1.82) is 0 Å². The van der Waals surface area contributed by atoms with E-state index in [1.807, 2.05) is 0 Å². The summed E-state index contributed by atoms with van der Waals surface area (Å²) in [6, 6.07) is 8.65. The number of imide groups is 1. The molecule has 36 heavy (non-hydrogen) atoms. The molecule has 7 nitrogen and oxygen atoms in total. The zero-order valence-electron chi connectivity index (χ0n) is 20.2. The maximum Gasteiger partial charge on any atom is 0.349 e. The first kappa shape index (κ1) is 26.0. The van der Waals surface area contributed by atoms with Gasteiger partial charge in [0.25, 0.3) is 11.8 Å². The Labute approximate surface area is 215 Å². The average molecular weight is 509 g/mol. The maximum atomic E-state index is 14.5. The summed E-state index contributed by atoms with van der Waals surface area (Å²) >= 11 is 5.73. The van der Waals surface area contributed by atoms with Crippen molar-refractivity contribution in [3.05, 3.63) is 69.7 Å². The second-order valence-electron chi connectivity index (χ2n) is 10.3. The van der Waals surface area contributed by atoms with Gasteiger partial charge in [-0.25, -0.2) is 0 Å². The van der Waals surface area contributed by atoms with Crippen LogP contribution >= 0.6 is 11.6 Å². The van der Waals surface area contributed by atoms with Crippen molar-refractivity contribution in [1.82, 2.24) is 15.5 Å².